The number of benzene rings is 3. The first-order valence-electron chi connectivity index (χ1n) is 9.35. The molecule has 1 heterocycles. The molecule has 0 aromatic heterocycles. The molecule has 0 fully saturated rings. The number of ether oxygens (including phenoxy) is 1. The molecule has 6 heteroatoms. The van der Waals surface area contributed by atoms with Crippen LogP contribution in [0.25, 0.3) is 6.08 Å². The largest absolute Gasteiger partial charge is 0.488 e. The maximum atomic E-state index is 13.0. The summed E-state index contributed by atoms with van der Waals surface area (Å²) in [7, 11) is 0. The monoisotopic (exact) mass is 524 g/mol. The number of para-hydroxylation sites is 1. The van der Waals surface area contributed by atoms with Crippen LogP contribution < -0.4 is 9.75 Å². The van der Waals surface area contributed by atoms with Gasteiger partial charge in [-0.25, -0.2) is 0 Å². The van der Waals surface area contributed by atoms with Crippen molar-refractivity contribution in [3.63, 3.8) is 0 Å². The topological polar surface area (TPSA) is 41.9 Å². The summed E-state index contributed by atoms with van der Waals surface area (Å²) < 4.78 is 8.00. The van der Waals surface area contributed by atoms with E-state index in [-0.39, 0.29) is 5.91 Å². The predicted octanol–water partition coefficient (Wildman–Crippen LogP) is 6.60. The van der Waals surface area contributed by atoms with Crippen molar-refractivity contribution in [2.45, 2.75) is 13.5 Å². The molecule has 30 heavy (non-hydrogen) atoms. The number of anilines is 1. The molecule has 150 valence electrons. The van der Waals surface area contributed by atoms with E-state index in [1.807, 2.05) is 85.8 Å². The highest BCUT2D eigenvalue weighted by Crippen LogP contribution is 2.30. The van der Waals surface area contributed by atoms with E-state index in [9.17, 15) is 4.79 Å². The van der Waals surface area contributed by atoms with Gasteiger partial charge >= 0.3 is 0 Å². The van der Waals surface area contributed by atoms with E-state index in [4.69, 9.17) is 4.74 Å². The molecule has 0 bridgehead atoms. The van der Waals surface area contributed by atoms with Crippen molar-refractivity contribution in [2.75, 3.05) is 5.01 Å². The predicted molar refractivity (Wildman–Crippen MR) is 128 cm³/mol. The first kappa shape index (κ1) is 20.6. The van der Waals surface area contributed by atoms with Gasteiger partial charge in [-0.2, -0.15) is 10.1 Å². The minimum Gasteiger partial charge on any atom is -0.488 e. The van der Waals surface area contributed by atoms with Crippen molar-refractivity contribution in [1.29, 1.82) is 0 Å². The maximum absolute atomic E-state index is 13.0. The van der Waals surface area contributed by atoms with Gasteiger partial charge in [-0.05, 0) is 61.0 Å². The standard InChI is InChI=1S/C24H18Br2N2O2/c1-16-22(24(29)28(27-16)21-5-3-2-4-6-21)14-18-13-20(26)11-12-23(18)30-15-17-7-9-19(25)10-8-17/h2-14H,15H2,1H3/b22-14+. The fourth-order valence-corrected chi connectivity index (χ4v) is 3.73. The maximum Gasteiger partial charge on any atom is 0.280 e. The number of nitrogens with zero attached hydrogens (tertiary/aromatic N) is 2. The van der Waals surface area contributed by atoms with Gasteiger partial charge in [-0.3, -0.25) is 4.79 Å². The number of halogens is 2. The molecule has 4 rings (SSSR count). The lowest BCUT2D eigenvalue weighted by atomic mass is 10.1. The summed E-state index contributed by atoms with van der Waals surface area (Å²) in [4.78, 5) is 13.0. The van der Waals surface area contributed by atoms with Crippen molar-refractivity contribution in [3.8, 4) is 5.75 Å². The number of hydrazone groups is 1. The van der Waals surface area contributed by atoms with Gasteiger partial charge in [0.15, 0.2) is 0 Å². The average Bonchev–Trinajstić information content (AvgIpc) is 3.03. The Kier molecular flexibility index (Phi) is 6.16. The van der Waals surface area contributed by atoms with Crippen LogP contribution in [0.1, 0.15) is 18.1 Å². The molecule has 1 aliphatic rings. The molecule has 3 aromatic carbocycles. The second-order valence-corrected chi connectivity index (χ2v) is 8.62. The molecule has 1 amide bonds. The Hall–Kier alpha value is -2.70. The van der Waals surface area contributed by atoms with Crippen molar-refractivity contribution in [1.82, 2.24) is 0 Å². The number of hydrogen-bond donors (Lipinski definition) is 0. The summed E-state index contributed by atoms with van der Waals surface area (Å²) in [6.45, 7) is 2.27. The van der Waals surface area contributed by atoms with Gasteiger partial charge in [0.25, 0.3) is 5.91 Å². The smallest absolute Gasteiger partial charge is 0.280 e. The van der Waals surface area contributed by atoms with E-state index in [1.54, 1.807) is 0 Å². The Balaban J connectivity index is 1.61. The second-order valence-electron chi connectivity index (χ2n) is 6.79. The SMILES string of the molecule is CC1=NN(c2ccccc2)C(=O)/C1=C/c1cc(Br)ccc1OCc1ccc(Br)cc1. The third-order valence-electron chi connectivity index (χ3n) is 4.64. The van der Waals surface area contributed by atoms with Gasteiger partial charge in [0, 0.05) is 14.5 Å². The van der Waals surface area contributed by atoms with Crippen LogP contribution in [0, 0.1) is 0 Å². The lowest BCUT2D eigenvalue weighted by molar-refractivity contribution is -0.114. The zero-order valence-corrected chi connectivity index (χ0v) is 19.4. The molecular weight excluding hydrogens is 508 g/mol. The number of amides is 1. The molecular formula is C24H18Br2N2O2. The van der Waals surface area contributed by atoms with Gasteiger partial charge in [-0.15, -0.1) is 0 Å². The summed E-state index contributed by atoms with van der Waals surface area (Å²) in [6.07, 6.45) is 1.84. The highest BCUT2D eigenvalue weighted by Gasteiger charge is 2.28. The zero-order valence-electron chi connectivity index (χ0n) is 16.2. The van der Waals surface area contributed by atoms with Crippen LogP contribution in [-0.4, -0.2) is 11.6 Å². The Bertz CT molecular complexity index is 1140. The van der Waals surface area contributed by atoms with Gasteiger partial charge < -0.3 is 4.74 Å². The van der Waals surface area contributed by atoms with E-state index in [2.05, 4.69) is 37.0 Å². The lowest BCUT2D eigenvalue weighted by Gasteiger charge is -2.12. The number of hydrogen-bond acceptors (Lipinski definition) is 3. The van der Waals surface area contributed by atoms with E-state index >= 15 is 0 Å². The molecule has 0 saturated carbocycles. The summed E-state index contributed by atoms with van der Waals surface area (Å²) in [6, 6.07) is 23.2. The van der Waals surface area contributed by atoms with E-state index in [0.29, 0.717) is 23.6 Å². The van der Waals surface area contributed by atoms with E-state index < -0.39 is 0 Å². The summed E-state index contributed by atoms with van der Waals surface area (Å²) in [5, 5.41) is 5.88. The Morgan fingerprint density at radius 3 is 2.40 bits per heavy atom. The molecule has 3 aromatic rings. The highest BCUT2D eigenvalue weighted by atomic mass is 79.9. The third kappa shape index (κ3) is 4.55. The Morgan fingerprint density at radius 2 is 1.67 bits per heavy atom. The van der Waals surface area contributed by atoms with Crippen LogP contribution in [0.2, 0.25) is 0 Å². The van der Waals surface area contributed by atoms with Crippen LogP contribution in [0.5, 0.6) is 5.75 Å². The number of carbonyl (C=O) groups is 1. The summed E-state index contributed by atoms with van der Waals surface area (Å²) in [5.41, 5.74) is 3.83. The van der Waals surface area contributed by atoms with Crippen molar-refractivity contribution >= 4 is 55.2 Å². The van der Waals surface area contributed by atoms with Crippen molar-refractivity contribution < 1.29 is 9.53 Å². The molecule has 4 nitrogen and oxygen atoms in total. The molecule has 0 spiro atoms. The van der Waals surface area contributed by atoms with Crippen LogP contribution in [0.3, 0.4) is 0 Å². The number of rotatable bonds is 5. The first-order chi connectivity index (χ1) is 14.5. The lowest BCUT2D eigenvalue weighted by Crippen LogP contribution is -2.21. The minimum atomic E-state index is -0.155. The van der Waals surface area contributed by atoms with Crippen LogP contribution in [0.4, 0.5) is 5.69 Å². The first-order valence-corrected chi connectivity index (χ1v) is 10.9. The van der Waals surface area contributed by atoms with Gasteiger partial charge in [0.05, 0.1) is 17.0 Å². The van der Waals surface area contributed by atoms with Crippen LogP contribution in [-0.2, 0) is 11.4 Å². The van der Waals surface area contributed by atoms with Crippen LogP contribution in [0.15, 0.2) is 92.4 Å². The molecule has 0 radical (unpaired) electrons. The Morgan fingerprint density at radius 1 is 0.967 bits per heavy atom. The zero-order chi connectivity index (χ0) is 21.1. The molecule has 0 aliphatic carbocycles. The van der Waals surface area contributed by atoms with Crippen LogP contribution >= 0.6 is 31.9 Å². The summed E-state index contributed by atoms with van der Waals surface area (Å²) in [5.74, 6) is 0.546. The van der Waals surface area contributed by atoms with E-state index in [0.717, 1.165) is 25.8 Å². The normalized spacial score (nSPS) is 14.9. The molecule has 1 aliphatic heterocycles. The van der Waals surface area contributed by atoms with Crippen molar-refractivity contribution in [2.24, 2.45) is 5.10 Å². The fraction of sp³-hybridized carbons (Fsp3) is 0.0833. The van der Waals surface area contributed by atoms with Gasteiger partial charge in [0.1, 0.15) is 12.4 Å². The molecule has 0 saturated heterocycles. The average molecular weight is 526 g/mol. The molecule has 0 unspecified atom stereocenters. The number of carbonyl (C=O) groups excluding carboxylic acids is 1. The third-order valence-corrected chi connectivity index (χ3v) is 5.66. The molecule has 0 N–H and O–H groups in total. The van der Waals surface area contributed by atoms with Crippen molar-refractivity contribution in [3.05, 3.63) is 98.4 Å². The van der Waals surface area contributed by atoms with E-state index in [1.165, 1.54) is 5.01 Å². The minimum absolute atomic E-state index is 0.155. The quantitative estimate of drug-likeness (QED) is 0.352. The van der Waals surface area contributed by atoms with Gasteiger partial charge in [-0.1, -0.05) is 62.2 Å². The highest BCUT2D eigenvalue weighted by molar-refractivity contribution is 9.10. The fourth-order valence-electron chi connectivity index (χ4n) is 3.09. The second kappa shape index (κ2) is 8.98. The Labute approximate surface area is 192 Å². The van der Waals surface area contributed by atoms with Gasteiger partial charge in [0.2, 0.25) is 0 Å². The summed E-state index contributed by atoms with van der Waals surface area (Å²) >= 11 is 6.95. The molecule has 0 atom stereocenters.